The van der Waals surface area contributed by atoms with Crippen molar-refractivity contribution in [2.75, 3.05) is 58.0 Å². The first-order chi connectivity index (χ1) is 11.3. The number of hydrogen-bond acceptors (Lipinski definition) is 4. The summed E-state index contributed by atoms with van der Waals surface area (Å²) in [5.74, 6) is 0.686. The summed E-state index contributed by atoms with van der Waals surface area (Å²) in [6.45, 7) is 5.73. The third-order valence-electron chi connectivity index (χ3n) is 4.70. The molecule has 0 aliphatic carbocycles. The lowest BCUT2D eigenvalue weighted by atomic mass is 9.98. The Bertz CT molecular complexity index is 512. The number of likely N-dealkylation sites (tertiary alicyclic amines) is 1. The van der Waals surface area contributed by atoms with Crippen molar-refractivity contribution in [3.63, 3.8) is 0 Å². The van der Waals surface area contributed by atoms with E-state index in [1.165, 1.54) is 11.3 Å². The third-order valence-corrected chi connectivity index (χ3v) is 4.70. The third kappa shape index (κ3) is 4.24. The molecule has 0 spiro atoms. The number of rotatable bonds is 6. The van der Waals surface area contributed by atoms with E-state index in [0.29, 0.717) is 25.5 Å². The van der Waals surface area contributed by atoms with Crippen LogP contribution < -0.4 is 4.90 Å². The predicted molar refractivity (Wildman–Crippen MR) is 89.7 cm³/mol. The van der Waals surface area contributed by atoms with Gasteiger partial charge in [0.1, 0.15) is 0 Å². The SMILES string of the molecule is COCCN1CC(Cc2ccc(N3CCOCC3)cc2)CC1=O. The first-order valence-corrected chi connectivity index (χ1v) is 8.44. The van der Waals surface area contributed by atoms with Crippen molar-refractivity contribution < 1.29 is 14.3 Å². The molecule has 0 radical (unpaired) electrons. The zero-order valence-corrected chi connectivity index (χ0v) is 13.9. The highest BCUT2D eigenvalue weighted by Gasteiger charge is 2.29. The van der Waals surface area contributed by atoms with Crippen LogP contribution in [0.2, 0.25) is 0 Å². The van der Waals surface area contributed by atoms with Gasteiger partial charge in [-0.3, -0.25) is 4.79 Å². The fraction of sp³-hybridized carbons (Fsp3) is 0.611. The molecule has 0 saturated carbocycles. The van der Waals surface area contributed by atoms with Gasteiger partial charge < -0.3 is 19.3 Å². The zero-order chi connectivity index (χ0) is 16.1. The number of hydrogen-bond donors (Lipinski definition) is 0. The van der Waals surface area contributed by atoms with E-state index in [4.69, 9.17) is 9.47 Å². The number of ether oxygens (including phenoxy) is 2. The van der Waals surface area contributed by atoms with E-state index in [-0.39, 0.29) is 5.91 Å². The minimum Gasteiger partial charge on any atom is -0.383 e. The van der Waals surface area contributed by atoms with Gasteiger partial charge in [-0.05, 0) is 30.0 Å². The van der Waals surface area contributed by atoms with Crippen LogP contribution in [0.1, 0.15) is 12.0 Å². The lowest BCUT2D eigenvalue weighted by Gasteiger charge is -2.29. The molecule has 3 rings (SSSR count). The summed E-state index contributed by atoms with van der Waals surface area (Å²) in [7, 11) is 1.67. The maximum Gasteiger partial charge on any atom is 0.223 e. The van der Waals surface area contributed by atoms with Crippen LogP contribution in [0.3, 0.4) is 0 Å². The maximum absolute atomic E-state index is 12.0. The molecule has 1 unspecified atom stereocenters. The van der Waals surface area contributed by atoms with Crippen molar-refractivity contribution in [2.45, 2.75) is 12.8 Å². The van der Waals surface area contributed by atoms with Crippen LogP contribution in [0.5, 0.6) is 0 Å². The van der Waals surface area contributed by atoms with Gasteiger partial charge in [-0.1, -0.05) is 12.1 Å². The van der Waals surface area contributed by atoms with Crippen LogP contribution >= 0.6 is 0 Å². The molecule has 2 saturated heterocycles. The number of carbonyl (C=O) groups excluding carboxylic acids is 1. The summed E-state index contributed by atoms with van der Waals surface area (Å²) in [4.78, 5) is 16.3. The van der Waals surface area contributed by atoms with Gasteiger partial charge in [-0.25, -0.2) is 0 Å². The average Bonchev–Trinajstić information content (AvgIpc) is 2.94. The normalized spacial score (nSPS) is 22.0. The molecule has 1 aromatic rings. The summed E-state index contributed by atoms with van der Waals surface area (Å²) >= 11 is 0. The van der Waals surface area contributed by atoms with Crippen molar-refractivity contribution in [1.29, 1.82) is 0 Å². The fourth-order valence-corrected chi connectivity index (χ4v) is 3.41. The van der Waals surface area contributed by atoms with Gasteiger partial charge in [-0.15, -0.1) is 0 Å². The molecule has 1 amide bonds. The molecule has 0 aromatic heterocycles. The number of carbonyl (C=O) groups is 1. The molecule has 2 heterocycles. The van der Waals surface area contributed by atoms with Crippen molar-refractivity contribution in [1.82, 2.24) is 4.90 Å². The summed E-state index contributed by atoms with van der Waals surface area (Å²) in [5.41, 5.74) is 2.58. The smallest absolute Gasteiger partial charge is 0.223 e. The Morgan fingerprint density at radius 2 is 1.96 bits per heavy atom. The van der Waals surface area contributed by atoms with E-state index >= 15 is 0 Å². The van der Waals surface area contributed by atoms with Crippen LogP contribution in [0.25, 0.3) is 0 Å². The van der Waals surface area contributed by atoms with Gasteiger partial charge in [0.25, 0.3) is 0 Å². The van der Waals surface area contributed by atoms with Crippen LogP contribution in [-0.2, 0) is 20.7 Å². The van der Waals surface area contributed by atoms with Gasteiger partial charge >= 0.3 is 0 Å². The second kappa shape index (κ2) is 7.79. The van der Waals surface area contributed by atoms with Gasteiger partial charge in [-0.2, -0.15) is 0 Å². The highest BCUT2D eigenvalue weighted by Crippen LogP contribution is 2.23. The topological polar surface area (TPSA) is 42.0 Å². The average molecular weight is 318 g/mol. The standard InChI is InChI=1S/C18H26N2O3/c1-22-9-6-20-14-16(13-18(20)21)12-15-2-4-17(5-3-15)19-7-10-23-11-8-19/h2-5,16H,6-14H2,1H3. The minimum absolute atomic E-state index is 0.261. The molecule has 5 heteroatoms. The van der Waals surface area contributed by atoms with Gasteiger partial charge in [0.05, 0.1) is 19.8 Å². The number of amides is 1. The van der Waals surface area contributed by atoms with E-state index < -0.39 is 0 Å². The van der Waals surface area contributed by atoms with E-state index in [1.54, 1.807) is 7.11 Å². The first-order valence-electron chi connectivity index (χ1n) is 8.44. The lowest BCUT2D eigenvalue weighted by Crippen LogP contribution is -2.36. The van der Waals surface area contributed by atoms with Crippen LogP contribution in [0.4, 0.5) is 5.69 Å². The van der Waals surface area contributed by atoms with Gasteiger partial charge in [0.15, 0.2) is 0 Å². The summed E-state index contributed by atoms with van der Waals surface area (Å²) < 4.78 is 10.5. The van der Waals surface area contributed by atoms with Crippen molar-refractivity contribution in [3.05, 3.63) is 29.8 Å². The Balaban J connectivity index is 1.53. The number of anilines is 1. The largest absolute Gasteiger partial charge is 0.383 e. The van der Waals surface area contributed by atoms with Crippen LogP contribution in [0, 0.1) is 5.92 Å². The second-order valence-corrected chi connectivity index (χ2v) is 6.37. The Hall–Kier alpha value is -1.59. The van der Waals surface area contributed by atoms with Crippen LogP contribution in [0.15, 0.2) is 24.3 Å². The second-order valence-electron chi connectivity index (χ2n) is 6.37. The number of benzene rings is 1. The lowest BCUT2D eigenvalue weighted by molar-refractivity contribution is -0.128. The zero-order valence-electron chi connectivity index (χ0n) is 13.9. The molecule has 1 atom stereocenters. The fourth-order valence-electron chi connectivity index (χ4n) is 3.41. The monoisotopic (exact) mass is 318 g/mol. The van der Waals surface area contributed by atoms with Crippen molar-refractivity contribution in [2.24, 2.45) is 5.92 Å². The van der Waals surface area contributed by atoms with E-state index in [2.05, 4.69) is 29.2 Å². The molecule has 5 nitrogen and oxygen atoms in total. The van der Waals surface area contributed by atoms with Crippen molar-refractivity contribution in [3.8, 4) is 0 Å². The molecule has 1 aromatic carbocycles. The molecule has 0 bridgehead atoms. The van der Waals surface area contributed by atoms with E-state index in [9.17, 15) is 4.79 Å². The quantitative estimate of drug-likeness (QED) is 0.798. The number of nitrogens with zero attached hydrogens (tertiary/aromatic N) is 2. The molecule has 2 aliphatic heterocycles. The first kappa shape index (κ1) is 16.3. The number of morpholine rings is 1. The Morgan fingerprint density at radius 1 is 1.22 bits per heavy atom. The van der Waals surface area contributed by atoms with Crippen LogP contribution in [-0.4, -0.2) is 63.9 Å². The summed E-state index contributed by atoms with van der Waals surface area (Å²) in [5, 5.41) is 0. The Morgan fingerprint density at radius 3 is 2.65 bits per heavy atom. The van der Waals surface area contributed by atoms with E-state index in [0.717, 1.165) is 39.3 Å². The maximum atomic E-state index is 12.0. The summed E-state index contributed by atoms with van der Waals surface area (Å²) in [6.07, 6.45) is 1.63. The molecule has 0 N–H and O–H groups in total. The highest BCUT2D eigenvalue weighted by molar-refractivity contribution is 5.78. The Kier molecular flexibility index (Phi) is 5.51. The van der Waals surface area contributed by atoms with Gasteiger partial charge in [0.2, 0.25) is 5.91 Å². The van der Waals surface area contributed by atoms with Gasteiger partial charge in [0, 0.05) is 45.4 Å². The molecule has 23 heavy (non-hydrogen) atoms. The Labute approximate surface area is 138 Å². The van der Waals surface area contributed by atoms with E-state index in [1.807, 2.05) is 4.90 Å². The molecule has 2 aliphatic rings. The minimum atomic E-state index is 0.261. The summed E-state index contributed by atoms with van der Waals surface area (Å²) in [6, 6.07) is 8.79. The molecule has 2 fully saturated rings. The molecule has 126 valence electrons. The molecular formula is C18H26N2O3. The van der Waals surface area contributed by atoms with Crippen molar-refractivity contribution >= 4 is 11.6 Å². The predicted octanol–water partition coefficient (Wildman–Crippen LogP) is 1.56. The molecular weight excluding hydrogens is 292 g/mol. The highest BCUT2D eigenvalue weighted by atomic mass is 16.5. The number of methoxy groups -OCH3 is 1.